The first-order valence-corrected chi connectivity index (χ1v) is 7.51. The molecule has 1 saturated heterocycles. The molecule has 1 aliphatic heterocycles. The second-order valence-electron chi connectivity index (χ2n) is 5.17. The summed E-state index contributed by atoms with van der Waals surface area (Å²) in [4.78, 5) is 14.0. The number of amides is 2. The number of nitrogens with zero attached hydrogens (tertiary/aromatic N) is 1. The highest BCUT2D eigenvalue weighted by Crippen LogP contribution is 2.27. The van der Waals surface area contributed by atoms with Gasteiger partial charge in [-0.1, -0.05) is 11.6 Å². The number of anilines is 1. The smallest absolute Gasteiger partial charge is 0.322 e. The van der Waals surface area contributed by atoms with E-state index in [9.17, 15) is 4.79 Å². The van der Waals surface area contributed by atoms with Gasteiger partial charge in [-0.2, -0.15) is 0 Å². The summed E-state index contributed by atoms with van der Waals surface area (Å²) in [5.41, 5.74) is 0.653. The molecule has 1 fully saturated rings. The van der Waals surface area contributed by atoms with E-state index in [1.807, 2.05) is 20.8 Å². The minimum atomic E-state index is -0.141. The van der Waals surface area contributed by atoms with Crippen LogP contribution in [0.2, 0.25) is 5.02 Å². The van der Waals surface area contributed by atoms with E-state index in [1.165, 1.54) is 0 Å². The minimum Gasteiger partial charge on any atom is -0.492 e. The Hall–Kier alpha value is -1.46. The van der Waals surface area contributed by atoms with E-state index in [1.54, 1.807) is 23.1 Å². The van der Waals surface area contributed by atoms with Crippen molar-refractivity contribution in [3.8, 4) is 5.75 Å². The predicted molar refractivity (Wildman–Crippen MR) is 83.2 cm³/mol. The Bertz CT molecular complexity index is 500. The van der Waals surface area contributed by atoms with Crippen molar-refractivity contribution in [3.05, 3.63) is 23.2 Å². The number of rotatable bonds is 3. The monoisotopic (exact) mass is 312 g/mol. The SMILES string of the molecule is CCOc1ccc(NC(=O)N2CC(C)OC(C)C2)cc1Cl. The summed E-state index contributed by atoms with van der Waals surface area (Å²) in [7, 11) is 0. The van der Waals surface area contributed by atoms with Gasteiger partial charge in [-0.15, -0.1) is 0 Å². The second-order valence-corrected chi connectivity index (χ2v) is 5.58. The largest absolute Gasteiger partial charge is 0.492 e. The molecule has 1 aromatic rings. The predicted octanol–water partition coefficient (Wildman–Crippen LogP) is 3.38. The average Bonchev–Trinajstić information content (AvgIpc) is 2.41. The van der Waals surface area contributed by atoms with Crippen molar-refractivity contribution in [2.75, 3.05) is 25.0 Å². The number of urea groups is 1. The van der Waals surface area contributed by atoms with Gasteiger partial charge in [0.25, 0.3) is 0 Å². The molecule has 1 aliphatic rings. The normalized spacial score (nSPS) is 22.0. The Morgan fingerprint density at radius 3 is 2.67 bits per heavy atom. The van der Waals surface area contributed by atoms with Gasteiger partial charge < -0.3 is 19.7 Å². The first-order chi connectivity index (χ1) is 9.99. The minimum absolute atomic E-state index is 0.0448. The van der Waals surface area contributed by atoms with Crippen LogP contribution in [0.4, 0.5) is 10.5 Å². The fraction of sp³-hybridized carbons (Fsp3) is 0.533. The van der Waals surface area contributed by atoms with Crippen LogP contribution in [0.3, 0.4) is 0 Å². The molecule has 0 aliphatic carbocycles. The molecule has 0 saturated carbocycles. The van der Waals surface area contributed by atoms with E-state index in [0.717, 1.165) is 0 Å². The second kappa shape index (κ2) is 7.00. The summed E-state index contributed by atoms with van der Waals surface area (Å²) in [5.74, 6) is 0.616. The van der Waals surface area contributed by atoms with E-state index in [4.69, 9.17) is 21.1 Å². The quantitative estimate of drug-likeness (QED) is 0.931. The molecule has 1 N–H and O–H groups in total. The first-order valence-electron chi connectivity index (χ1n) is 7.13. The molecule has 21 heavy (non-hydrogen) atoms. The number of nitrogens with one attached hydrogen (secondary N) is 1. The van der Waals surface area contributed by atoms with Crippen molar-refractivity contribution in [1.29, 1.82) is 0 Å². The van der Waals surface area contributed by atoms with Crippen LogP contribution < -0.4 is 10.1 Å². The molecule has 0 aromatic heterocycles. The van der Waals surface area contributed by atoms with Gasteiger partial charge in [0.05, 0.1) is 23.8 Å². The van der Waals surface area contributed by atoms with Crippen molar-refractivity contribution in [2.45, 2.75) is 33.0 Å². The summed E-state index contributed by atoms with van der Waals surface area (Å²) in [6.45, 7) is 7.54. The number of carbonyl (C=O) groups excluding carboxylic acids is 1. The molecule has 0 bridgehead atoms. The van der Waals surface area contributed by atoms with Gasteiger partial charge in [-0.25, -0.2) is 4.79 Å². The van der Waals surface area contributed by atoms with Crippen LogP contribution in [-0.2, 0) is 4.74 Å². The van der Waals surface area contributed by atoms with Crippen LogP contribution in [0, 0.1) is 0 Å². The zero-order chi connectivity index (χ0) is 15.4. The molecule has 2 atom stereocenters. The molecule has 2 rings (SSSR count). The number of benzene rings is 1. The molecule has 2 amide bonds. The van der Waals surface area contributed by atoms with Crippen LogP contribution in [-0.4, -0.2) is 42.8 Å². The van der Waals surface area contributed by atoms with E-state index in [2.05, 4.69) is 5.32 Å². The Morgan fingerprint density at radius 1 is 1.43 bits per heavy atom. The third kappa shape index (κ3) is 4.25. The summed E-state index contributed by atoms with van der Waals surface area (Å²) in [6, 6.07) is 5.09. The lowest BCUT2D eigenvalue weighted by atomic mass is 10.2. The Morgan fingerprint density at radius 2 is 2.10 bits per heavy atom. The van der Waals surface area contributed by atoms with Crippen molar-refractivity contribution < 1.29 is 14.3 Å². The van der Waals surface area contributed by atoms with Crippen LogP contribution >= 0.6 is 11.6 Å². The Kier molecular flexibility index (Phi) is 5.31. The van der Waals surface area contributed by atoms with Gasteiger partial charge >= 0.3 is 6.03 Å². The fourth-order valence-corrected chi connectivity index (χ4v) is 2.63. The molecule has 116 valence electrons. The van der Waals surface area contributed by atoms with Crippen LogP contribution in [0.25, 0.3) is 0 Å². The van der Waals surface area contributed by atoms with Crippen molar-refractivity contribution in [1.82, 2.24) is 4.90 Å². The van der Waals surface area contributed by atoms with E-state index >= 15 is 0 Å². The third-order valence-corrected chi connectivity index (χ3v) is 3.49. The lowest BCUT2D eigenvalue weighted by molar-refractivity contribution is -0.0530. The first kappa shape index (κ1) is 15.9. The Labute approximate surface area is 130 Å². The van der Waals surface area contributed by atoms with Crippen molar-refractivity contribution >= 4 is 23.3 Å². The molecule has 5 nitrogen and oxygen atoms in total. The molecule has 2 unspecified atom stereocenters. The molecule has 1 aromatic carbocycles. The zero-order valence-electron chi connectivity index (χ0n) is 12.6. The zero-order valence-corrected chi connectivity index (χ0v) is 13.3. The van der Waals surface area contributed by atoms with Crippen LogP contribution in [0.5, 0.6) is 5.75 Å². The molecular weight excluding hydrogens is 292 g/mol. The van der Waals surface area contributed by atoms with Gasteiger partial charge in [0.2, 0.25) is 0 Å². The highest BCUT2D eigenvalue weighted by Gasteiger charge is 2.25. The molecule has 0 radical (unpaired) electrons. The van der Waals surface area contributed by atoms with Crippen LogP contribution in [0.15, 0.2) is 18.2 Å². The summed E-state index contributed by atoms with van der Waals surface area (Å²) in [6.07, 6.45) is 0.0897. The molecule has 6 heteroatoms. The molecule has 1 heterocycles. The summed E-state index contributed by atoms with van der Waals surface area (Å²) >= 11 is 6.11. The maximum atomic E-state index is 12.3. The molecule has 0 spiro atoms. The highest BCUT2D eigenvalue weighted by atomic mass is 35.5. The van der Waals surface area contributed by atoms with E-state index < -0.39 is 0 Å². The lowest BCUT2D eigenvalue weighted by Gasteiger charge is -2.35. The van der Waals surface area contributed by atoms with E-state index in [-0.39, 0.29) is 18.2 Å². The maximum Gasteiger partial charge on any atom is 0.322 e. The topological polar surface area (TPSA) is 50.8 Å². The number of ether oxygens (including phenoxy) is 2. The number of hydrogen-bond acceptors (Lipinski definition) is 3. The van der Waals surface area contributed by atoms with Gasteiger partial charge in [0.15, 0.2) is 0 Å². The standard InChI is InChI=1S/C15H21ClN2O3/c1-4-20-14-6-5-12(7-13(14)16)17-15(19)18-8-10(2)21-11(3)9-18/h5-7,10-11H,4,8-9H2,1-3H3,(H,17,19). The number of hydrogen-bond donors (Lipinski definition) is 1. The number of halogens is 1. The van der Waals surface area contributed by atoms with E-state index in [0.29, 0.717) is 36.2 Å². The van der Waals surface area contributed by atoms with Gasteiger partial charge in [-0.3, -0.25) is 0 Å². The summed E-state index contributed by atoms with van der Waals surface area (Å²) in [5, 5.41) is 3.34. The average molecular weight is 313 g/mol. The third-order valence-electron chi connectivity index (χ3n) is 3.19. The number of carbonyl (C=O) groups is 1. The van der Waals surface area contributed by atoms with Crippen LogP contribution in [0.1, 0.15) is 20.8 Å². The molecular formula is C15H21ClN2O3. The number of morpholine rings is 1. The lowest BCUT2D eigenvalue weighted by Crippen LogP contribution is -2.49. The van der Waals surface area contributed by atoms with Gasteiger partial charge in [-0.05, 0) is 39.0 Å². The summed E-state index contributed by atoms with van der Waals surface area (Å²) < 4.78 is 11.0. The highest BCUT2D eigenvalue weighted by molar-refractivity contribution is 6.32. The van der Waals surface area contributed by atoms with Crippen molar-refractivity contribution in [2.24, 2.45) is 0 Å². The van der Waals surface area contributed by atoms with Crippen molar-refractivity contribution in [3.63, 3.8) is 0 Å². The fourth-order valence-electron chi connectivity index (χ4n) is 2.40. The van der Waals surface area contributed by atoms with Gasteiger partial charge in [0, 0.05) is 18.8 Å². The van der Waals surface area contributed by atoms with Gasteiger partial charge in [0.1, 0.15) is 5.75 Å². The maximum absolute atomic E-state index is 12.3. The Balaban J connectivity index is 2.00.